The molecule has 3 atom stereocenters. The highest BCUT2D eigenvalue weighted by atomic mass is 32.2. The Labute approximate surface area is 344 Å². The number of amides is 3. The first-order chi connectivity index (χ1) is 28.2. The van der Waals surface area contributed by atoms with Crippen LogP contribution in [0.3, 0.4) is 0 Å². The van der Waals surface area contributed by atoms with Crippen molar-refractivity contribution in [2.75, 3.05) is 22.1 Å². The van der Waals surface area contributed by atoms with Crippen molar-refractivity contribution in [1.29, 1.82) is 0 Å². The molecule has 11 heteroatoms. The Balaban J connectivity index is 1.02. The Kier molecular flexibility index (Phi) is 15.5. The van der Waals surface area contributed by atoms with Crippen LogP contribution in [0.5, 0.6) is 0 Å². The van der Waals surface area contributed by atoms with Crippen LogP contribution in [0.25, 0.3) is 11.1 Å². The molecule has 5 aromatic rings. The summed E-state index contributed by atoms with van der Waals surface area (Å²) in [7, 11) is 0. The van der Waals surface area contributed by atoms with E-state index in [9.17, 15) is 19.5 Å². The second-order valence-corrected chi connectivity index (χ2v) is 15.6. The van der Waals surface area contributed by atoms with E-state index in [0.717, 1.165) is 69.6 Å². The SMILES string of the molecule is CC(=O)Nc1ccc(SC[C@@H]2C[C@H](c3ccc(CO)cc3)O[C@H](c3cccc(-c4cccc(CNC(=O)CCCCCCC(=O)Nc5ccccc5N)c4)c3)O2)cc1. The number of nitrogen functional groups attached to an aromatic ring is 1. The van der Waals surface area contributed by atoms with E-state index in [1.54, 1.807) is 23.9 Å². The number of ether oxygens (including phenoxy) is 2. The zero-order valence-corrected chi connectivity index (χ0v) is 33.6. The number of anilines is 3. The van der Waals surface area contributed by atoms with E-state index in [2.05, 4.69) is 40.2 Å². The highest BCUT2D eigenvalue weighted by Crippen LogP contribution is 2.40. The molecule has 10 nitrogen and oxygen atoms in total. The van der Waals surface area contributed by atoms with Crippen LogP contribution in [0, 0.1) is 0 Å². The monoisotopic (exact) mass is 800 g/mol. The van der Waals surface area contributed by atoms with Gasteiger partial charge in [-0.2, -0.15) is 0 Å². The molecule has 1 fully saturated rings. The van der Waals surface area contributed by atoms with Gasteiger partial charge in [0.2, 0.25) is 17.7 Å². The number of unbranched alkanes of at least 4 members (excludes halogenated alkanes) is 3. The fraction of sp³-hybridized carbons (Fsp3) is 0.298. The van der Waals surface area contributed by atoms with Crippen LogP contribution >= 0.6 is 11.8 Å². The topological polar surface area (TPSA) is 152 Å². The number of hydrogen-bond acceptors (Lipinski definition) is 8. The summed E-state index contributed by atoms with van der Waals surface area (Å²) in [4.78, 5) is 37.5. The molecule has 1 aliphatic rings. The predicted molar refractivity (Wildman–Crippen MR) is 231 cm³/mol. The molecule has 1 heterocycles. The third-order valence-electron chi connectivity index (χ3n) is 9.93. The van der Waals surface area contributed by atoms with Crippen molar-refractivity contribution in [2.45, 2.75) is 88.4 Å². The molecule has 0 spiro atoms. The fourth-order valence-corrected chi connectivity index (χ4v) is 7.73. The zero-order chi connectivity index (χ0) is 40.7. The maximum Gasteiger partial charge on any atom is 0.224 e. The highest BCUT2D eigenvalue weighted by molar-refractivity contribution is 7.99. The van der Waals surface area contributed by atoms with Crippen LogP contribution in [0.4, 0.5) is 17.1 Å². The minimum atomic E-state index is -0.600. The molecule has 0 saturated carbocycles. The van der Waals surface area contributed by atoms with Crippen LogP contribution in [0.15, 0.2) is 126 Å². The number of rotatable bonds is 18. The lowest BCUT2D eigenvalue weighted by Crippen LogP contribution is -2.31. The molecule has 6 N–H and O–H groups in total. The van der Waals surface area contributed by atoms with Gasteiger partial charge >= 0.3 is 0 Å². The van der Waals surface area contributed by atoms with Crippen molar-refractivity contribution in [1.82, 2.24) is 5.32 Å². The Morgan fingerprint density at radius 2 is 1.43 bits per heavy atom. The standard InChI is InChI=1S/C47H52N4O6S/c1-32(53)50-39-22-24-41(25-23-39)58-31-40-28-44(35-20-18-33(30-52)19-21-35)57-47(56-40)38-13-9-12-37(27-38)36-11-8-10-34(26-36)29-49-45(54)16-4-2-3-5-17-46(55)51-43-15-7-6-14-42(43)48/h6-15,18-27,40,44,47,52H,2-5,16-17,28-31,48H2,1H3,(H,49,54)(H,50,53)(H,51,55)/t40-,44+,47+/m0/s1. The lowest BCUT2D eigenvalue weighted by atomic mass is 9.99. The number of hydrogen-bond donors (Lipinski definition) is 5. The maximum atomic E-state index is 12.7. The van der Waals surface area contributed by atoms with Gasteiger partial charge in [0.25, 0.3) is 0 Å². The van der Waals surface area contributed by atoms with Gasteiger partial charge in [-0.05, 0) is 89.2 Å². The van der Waals surface area contributed by atoms with Crippen molar-refractivity contribution in [3.8, 4) is 11.1 Å². The average Bonchev–Trinajstić information content (AvgIpc) is 3.24. The van der Waals surface area contributed by atoms with Crippen LogP contribution in [-0.2, 0) is 37.0 Å². The second kappa shape index (κ2) is 21.3. The minimum absolute atomic E-state index is 0.00608. The first-order valence-electron chi connectivity index (χ1n) is 19.8. The number of nitrogens with one attached hydrogen (secondary N) is 3. The van der Waals surface area contributed by atoms with Gasteiger partial charge in [-0.15, -0.1) is 11.8 Å². The molecular weight excluding hydrogens is 749 g/mol. The van der Waals surface area contributed by atoms with E-state index in [1.165, 1.54) is 6.92 Å². The van der Waals surface area contributed by atoms with E-state index >= 15 is 0 Å². The molecule has 5 aromatic carbocycles. The number of carbonyl (C=O) groups is 3. The normalized spacial score (nSPS) is 16.3. The van der Waals surface area contributed by atoms with Gasteiger partial charge in [0, 0.05) is 54.6 Å². The van der Waals surface area contributed by atoms with Gasteiger partial charge in [0.1, 0.15) is 0 Å². The third kappa shape index (κ3) is 12.8. The molecule has 1 saturated heterocycles. The Bertz CT molecular complexity index is 2130. The number of benzene rings is 5. The van der Waals surface area contributed by atoms with E-state index in [-0.39, 0.29) is 36.5 Å². The smallest absolute Gasteiger partial charge is 0.224 e. The average molecular weight is 801 g/mol. The summed E-state index contributed by atoms with van der Waals surface area (Å²) in [5, 5.41) is 18.3. The molecule has 58 heavy (non-hydrogen) atoms. The third-order valence-corrected chi connectivity index (χ3v) is 11.1. The van der Waals surface area contributed by atoms with Crippen molar-refractivity contribution >= 4 is 46.5 Å². The summed E-state index contributed by atoms with van der Waals surface area (Å²) in [6.45, 7) is 1.90. The summed E-state index contributed by atoms with van der Waals surface area (Å²) >= 11 is 1.70. The van der Waals surface area contributed by atoms with Gasteiger partial charge < -0.3 is 36.3 Å². The van der Waals surface area contributed by atoms with E-state index in [4.69, 9.17) is 15.2 Å². The summed E-state index contributed by atoms with van der Waals surface area (Å²) in [5.41, 5.74) is 13.7. The van der Waals surface area contributed by atoms with E-state index < -0.39 is 6.29 Å². The first-order valence-corrected chi connectivity index (χ1v) is 20.8. The Hall–Kier alpha value is -5.46. The predicted octanol–water partition coefficient (Wildman–Crippen LogP) is 9.32. The molecule has 0 aliphatic carbocycles. The van der Waals surface area contributed by atoms with E-state index in [1.807, 2.05) is 84.9 Å². The quantitative estimate of drug-likeness (QED) is 0.0334. The lowest BCUT2D eigenvalue weighted by Gasteiger charge is -2.36. The van der Waals surface area contributed by atoms with Gasteiger partial charge in [0.15, 0.2) is 6.29 Å². The number of para-hydroxylation sites is 2. The van der Waals surface area contributed by atoms with Crippen LogP contribution in [0.2, 0.25) is 0 Å². The Morgan fingerprint density at radius 1 is 0.724 bits per heavy atom. The van der Waals surface area contributed by atoms with Crippen LogP contribution < -0.4 is 21.7 Å². The molecule has 302 valence electrons. The second-order valence-electron chi connectivity index (χ2n) is 14.5. The largest absolute Gasteiger partial charge is 0.397 e. The summed E-state index contributed by atoms with van der Waals surface area (Å²) in [6, 6.07) is 39.3. The van der Waals surface area contributed by atoms with E-state index in [0.29, 0.717) is 42.9 Å². The van der Waals surface area contributed by atoms with Gasteiger partial charge in [-0.25, -0.2) is 0 Å². The number of thioether (sulfide) groups is 1. The highest BCUT2D eigenvalue weighted by Gasteiger charge is 2.32. The van der Waals surface area contributed by atoms with Gasteiger partial charge in [-0.3, -0.25) is 14.4 Å². The van der Waals surface area contributed by atoms with Crippen molar-refractivity contribution in [3.63, 3.8) is 0 Å². The number of aliphatic hydroxyl groups is 1. The van der Waals surface area contributed by atoms with Crippen molar-refractivity contribution in [3.05, 3.63) is 144 Å². The number of nitrogens with two attached hydrogens (primary N) is 1. The number of carbonyl (C=O) groups excluding carboxylic acids is 3. The zero-order valence-electron chi connectivity index (χ0n) is 32.8. The molecule has 0 unspecified atom stereocenters. The molecule has 0 aromatic heterocycles. The Morgan fingerprint density at radius 3 is 2.16 bits per heavy atom. The fourth-order valence-electron chi connectivity index (χ4n) is 6.81. The summed E-state index contributed by atoms with van der Waals surface area (Å²) in [6.07, 6.45) is 3.87. The molecule has 3 amide bonds. The summed E-state index contributed by atoms with van der Waals surface area (Å²) < 4.78 is 13.3. The maximum absolute atomic E-state index is 12.7. The summed E-state index contributed by atoms with van der Waals surface area (Å²) in [5.74, 6) is 0.556. The molecule has 0 radical (unpaired) electrons. The molecule has 6 rings (SSSR count). The molecule has 1 aliphatic heterocycles. The first kappa shape index (κ1) is 42.2. The van der Waals surface area contributed by atoms with Crippen LogP contribution in [-0.4, -0.2) is 34.7 Å². The van der Waals surface area contributed by atoms with Crippen molar-refractivity contribution in [2.24, 2.45) is 0 Å². The number of aliphatic hydroxyl groups excluding tert-OH is 1. The minimum Gasteiger partial charge on any atom is -0.397 e. The van der Waals surface area contributed by atoms with Crippen molar-refractivity contribution < 1.29 is 29.0 Å². The van der Waals surface area contributed by atoms with Gasteiger partial charge in [0.05, 0.1) is 30.2 Å². The molecule has 0 bridgehead atoms. The lowest BCUT2D eigenvalue weighted by molar-refractivity contribution is -0.245. The van der Waals surface area contributed by atoms with Crippen LogP contribution in [0.1, 0.15) is 86.5 Å². The van der Waals surface area contributed by atoms with Gasteiger partial charge in [-0.1, -0.05) is 85.6 Å². The molecular formula is C47H52N4O6S.